The van der Waals surface area contributed by atoms with Gasteiger partial charge in [-0.15, -0.1) is 0 Å². The van der Waals surface area contributed by atoms with E-state index >= 15 is 0 Å². The average Bonchev–Trinajstić information content (AvgIpc) is 3.10. The van der Waals surface area contributed by atoms with Gasteiger partial charge in [-0.1, -0.05) is 54.5 Å². The van der Waals surface area contributed by atoms with Gasteiger partial charge in [0.1, 0.15) is 5.82 Å². The summed E-state index contributed by atoms with van der Waals surface area (Å²) in [4.78, 5) is 0. The van der Waals surface area contributed by atoms with Crippen molar-refractivity contribution in [3.8, 4) is 0 Å². The number of nitrogens with zero attached hydrogens (tertiary/aromatic N) is 4. The van der Waals surface area contributed by atoms with Crippen molar-refractivity contribution in [2.75, 3.05) is 5.32 Å². The standard InChI is InChI=1S/C18H18FN5/c1-2-12-7-9-13(10-8-12)16-11-17(14-5-3-4-6-15(14)19)24-18(20-16)21-22-23-24/h3-10,16-17H,2,11H2,1H3,(H,20,21,23). The van der Waals surface area contributed by atoms with E-state index in [4.69, 9.17) is 0 Å². The van der Waals surface area contributed by atoms with Crippen LogP contribution in [0.1, 0.15) is 42.1 Å². The van der Waals surface area contributed by atoms with E-state index in [9.17, 15) is 4.39 Å². The van der Waals surface area contributed by atoms with Crippen LogP contribution in [-0.2, 0) is 6.42 Å². The van der Waals surface area contributed by atoms with Crippen LogP contribution in [0, 0.1) is 5.82 Å². The van der Waals surface area contributed by atoms with Crippen LogP contribution in [-0.4, -0.2) is 20.2 Å². The maximum Gasteiger partial charge on any atom is 0.243 e. The van der Waals surface area contributed by atoms with Gasteiger partial charge in [0.05, 0.1) is 12.1 Å². The van der Waals surface area contributed by atoms with Gasteiger partial charge in [0.15, 0.2) is 0 Å². The van der Waals surface area contributed by atoms with Crippen molar-refractivity contribution in [1.82, 2.24) is 20.2 Å². The summed E-state index contributed by atoms with van der Waals surface area (Å²) >= 11 is 0. The number of tetrazole rings is 1. The molecule has 2 aromatic carbocycles. The predicted octanol–water partition coefficient (Wildman–Crippen LogP) is 3.52. The highest BCUT2D eigenvalue weighted by atomic mass is 19.1. The Hall–Kier alpha value is -2.76. The quantitative estimate of drug-likeness (QED) is 0.801. The highest BCUT2D eigenvalue weighted by molar-refractivity contribution is 5.38. The molecule has 0 amide bonds. The van der Waals surface area contributed by atoms with E-state index < -0.39 is 0 Å². The van der Waals surface area contributed by atoms with Crippen molar-refractivity contribution in [2.45, 2.75) is 31.8 Å². The zero-order valence-corrected chi connectivity index (χ0v) is 13.4. The van der Waals surface area contributed by atoms with E-state index in [2.05, 4.69) is 52.0 Å². The lowest BCUT2D eigenvalue weighted by atomic mass is 9.92. The fourth-order valence-corrected chi connectivity index (χ4v) is 3.25. The summed E-state index contributed by atoms with van der Waals surface area (Å²) in [6.45, 7) is 2.14. The van der Waals surface area contributed by atoms with Gasteiger partial charge in [-0.2, -0.15) is 0 Å². The van der Waals surface area contributed by atoms with Gasteiger partial charge in [-0.3, -0.25) is 0 Å². The third-order valence-corrected chi connectivity index (χ3v) is 4.60. The van der Waals surface area contributed by atoms with Crippen molar-refractivity contribution < 1.29 is 4.39 Å². The summed E-state index contributed by atoms with van der Waals surface area (Å²) in [5, 5.41) is 15.2. The molecule has 4 rings (SSSR count). The van der Waals surface area contributed by atoms with E-state index in [1.807, 2.05) is 6.07 Å². The normalized spacial score (nSPS) is 19.6. The summed E-state index contributed by atoms with van der Waals surface area (Å²) in [6.07, 6.45) is 1.69. The molecular formula is C18H18FN5. The van der Waals surface area contributed by atoms with Gasteiger partial charge < -0.3 is 5.32 Å². The van der Waals surface area contributed by atoms with Gasteiger partial charge in [0.25, 0.3) is 0 Å². The van der Waals surface area contributed by atoms with Crippen LogP contribution in [0.25, 0.3) is 0 Å². The molecule has 0 bridgehead atoms. The SMILES string of the molecule is CCc1ccc(C2CC(c3ccccc3F)n3nnnc3N2)cc1. The Morgan fingerprint density at radius 2 is 1.96 bits per heavy atom. The number of aromatic nitrogens is 4. The summed E-state index contributed by atoms with van der Waals surface area (Å²) < 4.78 is 16.0. The van der Waals surface area contributed by atoms with E-state index in [0.29, 0.717) is 17.9 Å². The molecular weight excluding hydrogens is 305 g/mol. The minimum atomic E-state index is -0.231. The Kier molecular flexibility index (Phi) is 3.72. The molecule has 1 aromatic heterocycles. The molecule has 3 aromatic rings. The molecule has 6 heteroatoms. The number of aryl methyl sites for hydroxylation is 1. The molecule has 2 atom stereocenters. The van der Waals surface area contributed by atoms with E-state index in [1.54, 1.807) is 16.8 Å². The molecule has 2 heterocycles. The first kappa shape index (κ1) is 14.8. The largest absolute Gasteiger partial charge is 0.346 e. The first-order valence-corrected chi connectivity index (χ1v) is 8.14. The molecule has 24 heavy (non-hydrogen) atoms. The molecule has 0 saturated carbocycles. The molecule has 122 valence electrons. The summed E-state index contributed by atoms with van der Waals surface area (Å²) in [6, 6.07) is 15.1. The van der Waals surface area contributed by atoms with E-state index in [-0.39, 0.29) is 17.9 Å². The summed E-state index contributed by atoms with van der Waals surface area (Å²) in [5.41, 5.74) is 3.07. The van der Waals surface area contributed by atoms with Crippen LogP contribution in [0.5, 0.6) is 0 Å². The topological polar surface area (TPSA) is 55.6 Å². The second kappa shape index (κ2) is 6.03. The van der Waals surface area contributed by atoms with Crippen LogP contribution >= 0.6 is 0 Å². The molecule has 0 radical (unpaired) electrons. The molecule has 0 aliphatic carbocycles. The Balaban J connectivity index is 1.72. The van der Waals surface area contributed by atoms with E-state index in [1.165, 1.54) is 11.6 Å². The summed E-state index contributed by atoms with van der Waals surface area (Å²) in [5.74, 6) is 0.338. The molecule has 1 aliphatic rings. The molecule has 1 aliphatic heterocycles. The monoisotopic (exact) mass is 323 g/mol. The maximum atomic E-state index is 14.3. The van der Waals surface area contributed by atoms with Gasteiger partial charge in [0, 0.05) is 5.56 Å². The Labute approximate surface area is 139 Å². The number of rotatable bonds is 3. The zero-order chi connectivity index (χ0) is 16.5. The van der Waals surface area contributed by atoms with Crippen molar-refractivity contribution >= 4 is 5.95 Å². The number of hydrogen-bond donors (Lipinski definition) is 1. The minimum Gasteiger partial charge on any atom is -0.346 e. The number of hydrogen-bond acceptors (Lipinski definition) is 4. The molecule has 0 saturated heterocycles. The molecule has 1 N–H and O–H groups in total. The summed E-state index contributed by atoms with van der Waals surface area (Å²) in [7, 11) is 0. The smallest absolute Gasteiger partial charge is 0.243 e. The first-order chi connectivity index (χ1) is 11.8. The Morgan fingerprint density at radius 3 is 2.71 bits per heavy atom. The van der Waals surface area contributed by atoms with E-state index in [0.717, 1.165) is 12.0 Å². The maximum absolute atomic E-state index is 14.3. The van der Waals surface area contributed by atoms with Crippen molar-refractivity contribution in [1.29, 1.82) is 0 Å². The van der Waals surface area contributed by atoms with Crippen LogP contribution in [0.15, 0.2) is 48.5 Å². The lowest BCUT2D eigenvalue weighted by Gasteiger charge is -2.31. The van der Waals surface area contributed by atoms with Crippen LogP contribution in [0.3, 0.4) is 0 Å². The fourth-order valence-electron chi connectivity index (χ4n) is 3.25. The number of anilines is 1. The van der Waals surface area contributed by atoms with Crippen molar-refractivity contribution in [3.05, 3.63) is 71.0 Å². The lowest BCUT2D eigenvalue weighted by Crippen LogP contribution is -2.28. The fraction of sp³-hybridized carbons (Fsp3) is 0.278. The molecule has 0 spiro atoms. The third-order valence-electron chi connectivity index (χ3n) is 4.60. The highest BCUT2D eigenvalue weighted by Gasteiger charge is 2.31. The van der Waals surface area contributed by atoms with Crippen molar-refractivity contribution in [3.63, 3.8) is 0 Å². The minimum absolute atomic E-state index is 0.0408. The van der Waals surface area contributed by atoms with Crippen LogP contribution < -0.4 is 5.32 Å². The third kappa shape index (κ3) is 2.54. The second-order valence-corrected chi connectivity index (χ2v) is 6.01. The number of benzene rings is 2. The molecule has 5 nitrogen and oxygen atoms in total. The zero-order valence-electron chi connectivity index (χ0n) is 13.4. The average molecular weight is 323 g/mol. The van der Waals surface area contributed by atoms with Gasteiger partial charge >= 0.3 is 0 Å². The second-order valence-electron chi connectivity index (χ2n) is 6.01. The number of nitrogens with one attached hydrogen (secondary N) is 1. The molecule has 0 fully saturated rings. The van der Waals surface area contributed by atoms with Crippen LogP contribution in [0.4, 0.5) is 10.3 Å². The number of fused-ring (bicyclic) bond motifs is 1. The predicted molar refractivity (Wildman–Crippen MR) is 89.2 cm³/mol. The van der Waals surface area contributed by atoms with Crippen LogP contribution in [0.2, 0.25) is 0 Å². The van der Waals surface area contributed by atoms with Gasteiger partial charge in [0.2, 0.25) is 5.95 Å². The van der Waals surface area contributed by atoms with Gasteiger partial charge in [-0.25, -0.2) is 9.07 Å². The first-order valence-electron chi connectivity index (χ1n) is 8.14. The Morgan fingerprint density at radius 1 is 1.17 bits per heavy atom. The van der Waals surface area contributed by atoms with Gasteiger partial charge in [-0.05, 0) is 40.5 Å². The molecule has 2 unspecified atom stereocenters. The Bertz CT molecular complexity index is 843. The lowest BCUT2D eigenvalue weighted by molar-refractivity contribution is 0.409. The van der Waals surface area contributed by atoms with Crippen molar-refractivity contribution in [2.24, 2.45) is 0 Å². The number of halogens is 1. The highest BCUT2D eigenvalue weighted by Crippen LogP contribution is 2.37.